The van der Waals surface area contributed by atoms with Gasteiger partial charge in [0.2, 0.25) is 0 Å². The molecule has 0 aromatic heterocycles. The van der Waals surface area contributed by atoms with Crippen LogP contribution >= 0.6 is 11.6 Å². The van der Waals surface area contributed by atoms with Crippen molar-refractivity contribution >= 4 is 23.2 Å². The molecule has 1 fully saturated rings. The van der Waals surface area contributed by atoms with E-state index in [1.54, 1.807) is 0 Å². The van der Waals surface area contributed by atoms with Crippen molar-refractivity contribution in [2.24, 2.45) is 5.73 Å². The molecule has 0 saturated heterocycles. The van der Waals surface area contributed by atoms with Crippen LogP contribution in [0.2, 0.25) is 5.02 Å². The third-order valence-electron chi connectivity index (χ3n) is 3.44. The average molecular weight is 314 g/mol. The van der Waals surface area contributed by atoms with Gasteiger partial charge in [-0.2, -0.15) is 0 Å². The number of nitro benzene ring substituents is 1. The molecular weight excluding hydrogens is 298 g/mol. The lowest BCUT2D eigenvalue weighted by atomic mass is 9.83. The van der Waals surface area contributed by atoms with Crippen molar-refractivity contribution in [2.45, 2.75) is 31.5 Å². The van der Waals surface area contributed by atoms with Gasteiger partial charge in [0.25, 0.3) is 11.6 Å². The number of halogens is 1. The number of amides is 1. The van der Waals surface area contributed by atoms with Gasteiger partial charge in [0.15, 0.2) is 0 Å². The van der Waals surface area contributed by atoms with Crippen LogP contribution in [-0.4, -0.2) is 35.6 Å². The second-order valence-corrected chi connectivity index (χ2v) is 5.25. The number of nitro groups is 1. The highest BCUT2D eigenvalue weighted by molar-refractivity contribution is 6.31. The first-order valence-corrected chi connectivity index (χ1v) is 6.93. The molecule has 1 aromatic carbocycles. The largest absolute Gasteiger partial charge is 0.376 e. The summed E-state index contributed by atoms with van der Waals surface area (Å²) in [6, 6.07) is 3.28. The van der Waals surface area contributed by atoms with Gasteiger partial charge in [0.05, 0.1) is 17.1 Å². The predicted molar refractivity (Wildman–Crippen MR) is 77.4 cm³/mol. The fourth-order valence-corrected chi connectivity index (χ4v) is 2.48. The summed E-state index contributed by atoms with van der Waals surface area (Å²) in [5.41, 5.74) is 5.47. The fourth-order valence-electron chi connectivity index (χ4n) is 2.31. The molecule has 0 spiro atoms. The van der Waals surface area contributed by atoms with E-state index in [9.17, 15) is 14.9 Å². The van der Waals surface area contributed by atoms with Crippen molar-refractivity contribution in [3.63, 3.8) is 0 Å². The number of hydrogen-bond donors (Lipinski definition) is 2. The van der Waals surface area contributed by atoms with Gasteiger partial charge in [-0.3, -0.25) is 14.9 Å². The van der Waals surface area contributed by atoms with Crippen LogP contribution in [-0.2, 0) is 4.74 Å². The van der Waals surface area contributed by atoms with E-state index in [-0.39, 0.29) is 34.5 Å². The lowest BCUT2D eigenvalue weighted by Crippen LogP contribution is -2.64. The topological polar surface area (TPSA) is 107 Å². The molecule has 1 aromatic rings. The minimum absolute atomic E-state index is 0.0816. The zero-order chi connectivity index (χ0) is 15.6. The maximum Gasteiger partial charge on any atom is 0.282 e. The van der Waals surface area contributed by atoms with Gasteiger partial charge >= 0.3 is 0 Å². The van der Waals surface area contributed by atoms with Crippen LogP contribution in [0.5, 0.6) is 0 Å². The third-order valence-corrected chi connectivity index (χ3v) is 3.68. The van der Waals surface area contributed by atoms with Crippen LogP contribution in [0.1, 0.15) is 23.7 Å². The summed E-state index contributed by atoms with van der Waals surface area (Å²) in [7, 11) is 0. The number of nitrogens with zero attached hydrogens (tertiary/aromatic N) is 1. The lowest BCUT2D eigenvalue weighted by molar-refractivity contribution is -0.385. The van der Waals surface area contributed by atoms with Crippen LogP contribution in [0.3, 0.4) is 0 Å². The van der Waals surface area contributed by atoms with Crippen LogP contribution in [0.15, 0.2) is 18.2 Å². The first kappa shape index (κ1) is 15.7. The second-order valence-electron chi connectivity index (χ2n) is 4.81. The standard InChI is InChI=1S/C13H16ClN3O4/c1-2-21-11-6-9(15)12(11)16-13(18)8-5-7(14)3-4-10(8)17(19)20/h3-5,9,11-12H,2,6,15H2,1H3,(H,16,18). The van der Waals surface area contributed by atoms with Gasteiger partial charge in [-0.1, -0.05) is 11.6 Å². The molecule has 3 unspecified atom stereocenters. The Morgan fingerprint density at radius 3 is 2.90 bits per heavy atom. The molecule has 7 nitrogen and oxygen atoms in total. The highest BCUT2D eigenvalue weighted by atomic mass is 35.5. The Balaban J connectivity index is 2.17. The van der Waals surface area contributed by atoms with Gasteiger partial charge in [-0.15, -0.1) is 0 Å². The first-order chi connectivity index (χ1) is 9.93. The Bertz CT molecular complexity index is 564. The van der Waals surface area contributed by atoms with Crippen molar-refractivity contribution < 1.29 is 14.5 Å². The highest BCUT2D eigenvalue weighted by Gasteiger charge is 2.41. The molecule has 0 heterocycles. The van der Waals surface area contributed by atoms with Crippen LogP contribution in [0, 0.1) is 10.1 Å². The van der Waals surface area contributed by atoms with Gasteiger partial charge in [-0.05, 0) is 25.5 Å². The Morgan fingerprint density at radius 2 is 2.33 bits per heavy atom. The summed E-state index contributed by atoms with van der Waals surface area (Å²) >= 11 is 5.81. The van der Waals surface area contributed by atoms with Crippen LogP contribution < -0.4 is 11.1 Å². The molecule has 0 aliphatic heterocycles. The smallest absolute Gasteiger partial charge is 0.282 e. The number of benzene rings is 1. The molecule has 8 heteroatoms. The summed E-state index contributed by atoms with van der Waals surface area (Å²) in [6.45, 7) is 2.37. The van der Waals surface area contributed by atoms with Crippen molar-refractivity contribution in [1.29, 1.82) is 0 Å². The molecule has 1 aliphatic carbocycles. The third kappa shape index (κ3) is 3.31. The number of nitrogens with two attached hydrogens (primary N) is 1. The minimum Gasteiger partial charge on any atom is -0.376 e. The molecule has 1 saturated carbocycles. The molecular formula is C13H16ClN3O4. The molecule has 3 N–H and O–H groups in total. The quantitative estimate of drug-likeness (QED) is 0.632. The molecule has 3 atom stereocenters. The average Bonchev–Trinajstić information content (AvgIpc) is 2.44. The SMILES string of the molecule is CCOC1CC(N)C1NC(=O)c1cc(Cl)ccc1[N+](=O)[O-]. The van der Waals surface area contributed by atoms with Gasteiger partial charge < -0.3 is 15.8 Å². The van der Waals surface area contributed by atoms with Gasteiger partial charge in [-0.25, -0.2) is 0 Å². The van der Waals surface area contributed by atoms with E-state index in [0.29, 0.717) is 13.0 Å². The molecule has 1 aliphatic rings. The van der Waals surface area contributed by atoms with Crippen LogP contribution in [0.4, 0.5) is 5.69 Å². The summed E-state index contributed by atoms with van der Waals surface area (Å²) in [4.78, 5) is 22.6. The monoisotopic (exact) mass is 313 g/mol. The van der Waals surface area contributed by atoms with Gasteiger partial charge in [0, 0.05) is 23.7 Å². The molecule has 1 amide bonds. The minimum atomic E-state index is -0.619. The van der Waals surface area contributed by atoms with E-state index in [1.807, 2.05) is 6.92 Å². The molecule has 0 bridgehead atoms. The Hall–Kier alpha value is -1.70. The van der Waals surface area contributed by atoms with Crippen molar-refractivity contribution in [3.05, 3.63) is 38.9 Å². The fraction of sp³-hybridized carbons (Fsp3) is 0.462. The first-order valence-electron chi connectivity index (χ1n) is 6.56. The normalized spacial score (nSPS) is 24.2. The zero-order valence-corrected chi connectivity index (χ0v) is 12.2. The summed E-state index contributed by atoms with van der Waals surface area (Å²) < 4.78 is 5.44. The summed E-state index contributed by atoms with van der Waals surface area (Å²) in [6.07, 6.45) is 0.489. The molecule has 21 heavy (non-hydrogen) atoms. The van der Waals surface area contributed by atoms with E-state index < -0.39 is 10.8 Å². The van der Waals surface area contributed by atoms with Crippen molar-refractivity contribution in [1.82, 2.24) is 5.32 Å². The number of carbonyl (C=O) groups is 1. The number of ether oxygens (including phenoxy) is 1. The van der Waals surface area contributed by atoms with Crippen molar-refractivity contribution in [3.8, 4) is 0 Å². The summed E-state index contributed by atoms with van der Waals surface area (Å²) in [5, 5.41) is 13.9. The Kier molecular flexibility index (Phi) is 4.76. The van der Waals surface area contributed by atoms with E-state index in [0.717, 1.165) is 0 Å². The van der Waals surface area contributed by atoms with E-state index in [2.05, 4.69) is 5.32 Å². The number of rotatable bonds is 5. The van der Waals surface area contributed by atoms with Crippen molar-refractivity contribution in [2.75, 3.05) is 6.61 Å². The van der Waals surface area contributed by atoms with E-state index >= 15 is 0 Å². The maximum absolute atomic E-state index is 12.2. The number of nitrogens with one attached hydrogen (secondary N) is 1. The highest BCUT2D eigenvalue weighted by Crippen LogP contribution is 2.26. The molecule has 114 valence electrons. The Morgan fingerprint density at radius 1 is 1.62 bits per heavy atom. The Labute approximate surface area is 126 Å². The number of hydrogen-bond acceptors (Lipinski definition) is 5. The zero-order valence-electron chi connectivity index (χ0n) is 11.4. The predicted octanol–water partition coefficient (Wildman–Crippen LogP) is 1.48. The van der Waals surface area contributed by atoms with Crippen LogP contribution in [0.25, 0.3) is 0 Å². The second kappa shape index (κ2) is 6.38. The maximum atomic E-state index is 12.2. The van der Waals surface area contributed by atoms with E-state index in [1.165, 1.54) is 18.2 Å². The van der Waals surface area contributed by atoms with E-state index in [4.69, 9.17) is 22.1 Å². The molecule has 2 rings (SSSR count). The lowest BCUT2D eigenvalue weighted by Gasteiger charge is -2.42. The van der Waals surface area contributed by atoms with Gasteiger partial charge in [0.1, 0.15) is 5.56 Å². The molecule has 0 radical (unpaired) electrons. The number of carbonyl (C=O) groups excluding carboxylic acids is 1. The summed E-state index contributed by atoms with van der Waals surface area (Å²) in [5.74, 6) is -0.575.